The molecule has 0 amide bonds. The summed E-state index contributed by atoms with van der Waals surface area (Å²) in [6.07, 6.45) is 0. The van der Waals surface area contributed by atoms with Crippen LogP contribution in [0.1, 0.15) is 25.3 Å². The van der Waals surface area contributed by atoms with Gasteiger partial charge in [0.15, 0.2) is 0 Å². The van der Waals surface area contributed by atoms with Crippen molar-refractivity contribution in [3.63, 3.8) is 0 Å². The molecule has 0 aromatic heterocycles. The van der Waals surface area contributed by atoms with E-state index in [4.69, 9.17) is 0 Å². The van der Waals surface area contributed by atoms with E-state index in [2.05, 4.69) is 10.0 Å². The van der Waals surface area contributed by atoms with E-state index in [1.54, 1.807) is 0 Å². The summed E-state index contributed by atoms with van der Waals surface area (Å²) >= 11 is 0. The molecule has 1 aromatic carbocycles. The quantitative estimate of drug-likeness (QED) is 0.700. The molecule has 1 atom stereocenters. The SMILES string of the molecule is CCNCCS(=O)(=O)NCC(C)c1ccccc1. The van der Waals surface area contributed by atoms with E-state index < -0.39 is 10.0 Å². The number of hydrogen-bond donors (Lipinski definition) is 2. The fourth-order valence-corrected chi connectivity index (χ4v) is 2.67. The molecule has 0 heterocycles. The maximum absolute atomic E-state index is 11.7. The molecule has 2 N–H and O–H groups in total. The first-order valence-electron chi connectivity index (χ1n) is 6.28. The maximum atomic E-state index is 11.7. The van der Waals surface area contributed by atoms with E-state index in [1.807, 2.05) is 44.2 Å². The van der Waals surface area contributed by atoms with Crippen LogP contribution < -0.4 is 10.0 Å². The molecule has 0 saturated heterocycles. The summed E-state index contributed by atoms with van der Waals surface area (Å²) in [5.74, 6) is 0.308. The Morgan fingerprint density at radius 1 is 1.22 bits per heavy atom. The average molecular weight is 270 g/mol. The van der Waals surface area contributed by atoms with Crippen molar-refractivity contribution in [2.75, 3.05) is 25.4 Å². The lowest BCUT2D eigenvalue weighted by atomic mass is 10.0. The Labute approximate surface area is 110 Å². The average Bonchev–Trinajstić information content (AvgIpc) is 2.37. The van der Waals surface area contributed by atoms with Crippen molar-refractivity contribution < 1.29 is 8.42 Å². The Bertz CT molecular complexity index is 432. The molecule has 5 heteroatoms. The second-order valence-electron chi connectivity index (χ2n) is 4.33. The van der Waals surface area contributed by atoms with E-state index in [-0.39, 0.29) is 11.7 Å². The molecule has 0 spiro atoms. The number of rotatable bonds is 8. The molecule has 1 unspecified atom stereocenters. The lowest BCUT2D eigenvalue weighted by Gasteiger charge is -2.13. The standard InChI is InChI=1S/C13H22N2O2S/c1-3-14-9-10-18(16,17)15-11-12(2)13-7-5-4-6-8-13/h4-8,12,14-15H,3,9-11H2,1-2H3. The van der Waals surface area contributed by atoms with Crippen LogP contribution in [-0.2, 0) is 10.0 Å². The van der Waals surface area contributed by atoms with Crippen molar-refractivity contribution in [2.24, 2.45) is 0 Å². The smallest absolute Gasteiger partial charge is 0.212 e. The van der Waals surface area contributed by atoms with Crippen molar-refractivity contribution in [1.82, 2.24) is 10.0 Å². The minimum Gasteiger partial charge on any atom is -0.316 e. The largest absolute Gasteiger partial charge is 0.316 e. The Kier molecular flexibility index (Phi) is 6.32. The number of hydrogen-bond acceptors (Lipinski definition) is 3. The van der Waals surface area contributed by atoms with Gasteiger partial charge in [-0.25, -0.2) is 13.1 Å². The van der Waals surface area contributed by atoms with Crippen molar-refractivity contribution in [3.8, 4) is 0 Å². The van der Waals surface area contributed by atoms with Crippen molar-refractivity contribution in [1.29, 1.82) is 0 Å². The summed E-state index contributed by atoms with van der Waals surface area (Å²) in [5.41, 5.74) is 1.15. The number of sulfonamides is 1. The van der Waals surface area contributed by atoms with Gasteiger partial charge in [-0.05, 0) is 18.0 Å². The van der Waals surface area contributed by atoms with Crippen LogP contribution in [0.5, 0.6) is 0 Å². The highest BCUT2D eigenvalue weighted by molar-refractivity contribution is 7.89. The third-order valence-corrected chi connectivity index (χ3v) is 4.12. The highest BCUT2D eigenvalue weighted by Crippen LogP contribution is 2.13. The van der Waals surface area contributed by atoms with Crippen molar-refractivity contribution in [3.05, 3.63) is 35.9 Å². The van der Waals surface area contributed by atoms with Gasteiger partial charge in [0, 0.05) is 13.1 Å². The van der Waals surface area contributed by atoms with Crippen molar-refractivity contribution in [2.45, 2.75) is 19.8 Å². The Morgan fingerprint density at radius 3 is 2.50 bits per heavy atom. The summed E-state index contributed by atoms with van der Waals surface area (Å²) in [5, 5.41) is 3.00. The molecule has 0 bridgehead atoms. The molecular weight excluding hydrogens is 248 g/mol. The van der Waals surface area contributed by atoms with E-state index in [0.717, 1.165) is 12.1 Å². The van der Waals surface area contributed by atoms with Crippen LogP contribution in [0.15, 0.2) is 30.3 Å². The Balaban J connectivity index is 2.40. The van der Waals surface area contributed by atoms with Crippen LogP contribution in [0.4, 0.5) is 0 Å². The fraction of sp³-hybridized carbons (Fsp3) is 0.538. The monoisotopic (exact) mass is 270 g/mol. The molecule has 1 rings (SSSR count). The highest BCUT2D eigenvalue weighted by atomic mass is 32.2. The lowest BCUT2D eigenvalue weighted by Crippen LogP contribution is -2.33. The van der Waals surface area contributed by atoms with Crippen LogP contribution in [0.2, 0.25) is 0 Å². The minimum atomic E-state index is -3.17. The molecule has 18 heavy (non-hydrogen) atoms. The highest BCUT2D eigenvalue weighted by Gasteiger charge is 2.12. The number of nitrogens with one attached hydrogen (secondary N) is 2. The molecule has 4 nitrogen and oxygen atoms in total. The third-order valence-electron chi connectivity index (χ3n) is 2.78. The van der Waals surface area contributed by atoms with Gasteiger partial charge >= 0.3 is 0 Å². The van der Waals surface area contributed by atoms with Gasteiger partial charge in [-0.1, -0.05) is 44.2 Å². The van der Waals surface area contributed by atoms with E-state index in [9.17, 15) is 8.42 Å². The molecule has 0 aliphatic rings. The van der Waals surface area contributed by atoms with Crippen molar-refractivity contribution >= 4 is 10.0 Å². The molecule has 0 aliphatic carbocycles. The fourth-order valence-electron chi connectivity index (χ4n) is 1.61. The van der Waals surface area contributed by atoms with Crippen LogP contribution in [0, 0.1) is 0 Å². The van der Waals surface area contributed by atoms with Crippen LogP contribution in [-0.4, -0.2) is 33.8 Å². The first kappa shape index (κ1) is 15.1. The summed E-state index contributed by atoms with van der Waals surface area (Å²) < 4.78 is 26.0. The molecule has 0 fully saturated rings. The van der Waals surface area contributed by atoms with Gasteiger partial charge in [0.2, 0.25) is 10.0 Å². The molecule has 0 aliphatic heterocycles. The zero-order valence-corrected chi connectivity index (χ0v) is 11.8. The van der Waals surface area contributed by atoms with Crippen LogP contribution in [0.3, 0.4) is 0 Å². The summed E-state index contributed by atoms with van der Waals surface area (Å²) in [4.78, 5) is 0. The number of benzene rings is 1. The molecule has 0 saturated carbocycles. The predicted octanol–water partition coefficient (Wildman–Crippen LogP) is 1.32. The molecule has 1 aromatic rings. The Hall–Kier alpha value is -0.910. The van der Waals surface area contributed by atoms with Gasteiger partial charge < -0.3 is 5.32 Å². The second kappa shape index (κ2) is 7.51. The zero-order chi connectivity index (χ0) is 13.4. The van der Waals surface area contributed by atoms with Gasteiger partial charge in [0.1, 0.15) is 0 Å². The molecule has 102 valence electrons. The van der Waals surface area contributed by atoms with E-state index in [1.165, 1.54) is 0 Å². The van der Waals surface area contributed by atoms with Gasteiger partial charge in [0.25, 0.3) is 0 Å². The van der Waals surface area contributed by atoms with Gasteiger partial charge in [-0.2, -0.15) is 0 Å². The summed E-state index contributed by atoms with van der Waals surface area (Å²) in [6.45, 7) is 5.69. The van der Waals surface area contributed by atoms with E-state index in [0.29, 0.717) is 13.1 Å². The third kappa shape index (κ3) is 5.62. The predicted molar refractivity (Wildman–Crippen MR) is 75.2 cm³/mol. The van der Waals surface area contributed by atoms with Gasteiger partial charge in [-0.15, -0.1) is 0 Å². The van der Waals surface area contributed by atoms with Gasteiger partial charge in [0.05, 0.1) is 5.75 Å². The van der Waals surface area contributed by atoms with Crippen LogP contribution >= 0.6 is 0 Å². The Morgan fingerprint density at radius 2 is 1.89 bits per heavy atom. The molecule has 0 radical (unpaired) electrons. The zero-order valence-electron chi connectivity index (χ0n) is 11.0. The second-order valence-corrected chi connectivity index (χ2v) is 6.26. The van der Waals surface area contributed by atoms with E-state index >= 15 is 0 Å². The topological polar surface area (TPSA) is 58.2 Å². The summed E-state index contributed by atoms with van der Waals surface area (Å²) in [7, 11) is -3.17. The normalized spacial score (nSPS) is 13.4. The van der Waals surface area contributed by atoms with Crippen LogP contribution in [0.25, 0.3) is 0 Å². The van der Waals surface area contributed by atoms with Gasteiger partial charge in [-0.3, -0.25) is 0 Å². The maximum Gasteiger partial charge on any atom is 0.212 e. The summed E-state index contributed by atoms with van der Waals surface area (Å²) in [6, 6.07) is 9.91. The lowest BCUT2D eigenvalue weighted by molar-refractivity contribution is 0.571. The first-order chi connectivity index (χ1) is 8.55. The first-order valence-corrected chi connectivity index (χ1v) is 7.93. The molecular formula is C13H22N2O2S. The minimum absolute atomic E-state index is 0.127.